The van der Waals surface area contributed by atoms with Gasteiger partial charge in [-0.25, -0.2) is 19.6 Å². The summed E-state index contributed by atoms with van der Waals surface area (Å²) in [5.41, 5.74) is 8.54. The molecule has 0 aromatic carbocycles. The van der Waals surface area contributed by atoms with E-state index in [0.717, 1.165) is 55.2 Å². The van der Waals surface area contributed by atoms with Crippen LogP contribution in [0.2, 0.25) is 0 Å². The molecule has 5 rings (SSSR count). The monoisotopic (exact) mass is 444 g/mol. The van der Waals surface area contributed by atoms with Gasteiger partial charge in [0.1, 0.15) is 13.1 Å². The second-order valence-corrected chi connectivity index (χ2v) is 12.0. The Bertz CT molecular complexity index is 1020. The molecule has 2 aromatic rings. The van der Waals surface area contributed by atoms with E-state index in [1.165, 1.54) is 0 Å². The Morgan fingerprint density at radius 3 is 2.55 bits per heavy atom. The van der Waals surface area contributed by atoms with Crippen molar-refractivity contribution in [3.8, 4) is 11.3 Å². The number of nitrogens with zero attached hydrogens (tertiary/aromatic N) is 7. The van der Waals surface area contributed by atoms with Gasteiger partial charge in [0.15, 0.2) is 0 Å². The first-order chi connectivity index (χ1) is 14.8. The van der Waals surface area contributed by atoms with Crippen molar-refractivity contribution in [1.82, 2.24) is 24.6 Å². The molecule has 0 amide bonds. The molecule has 0 spiro atoms. The summed E-state index contributed by atoms with van der Waals surface area (Å²) < 4.78 is 20.1. The van der Waals surface area contributed by atoms with Gasteiger partial charge in [-0.1, -0.05) is 0 Å². The maximum Gasteiger partial charge on any atom is 0.228 e. The summed E-state index contributed by atoms with van der Waals surface area (Å²) in [7, 11) is -2.21. The first kappa shape index (κ1) is 20.6. The lowest BCUT2D eigenvalue weighted by Crippen LogP contribution is -2.57. The highest BCUT2D eigenvalue weighted by atomic mass is 31.2. The quantitative estimate of drug-likeness (QED) is 0.693. The van der Waals surface area contributed by atoms with Gasteiger partial charge in [-0.05, 0) is 13.3 Å². The Labute approximate surface area is 182 Å². The molecule has 0 bridgehead atoms. The number of anilines is 3. The van der Waals surface area contributed by atoms with Gasteiger partial charge in [0.2, 0.25) is 11.9 Å². The van der Waals surface area contributed by atoms with E-state index < -0.39 is 7.29 Å². The molecule has 5 heterocycles. The molecule has 1 atom stereocenters. The van der Waals surface area contributed by atoms with Crippen molar-refractivity contribution >= 4 is 25.0 Å². The predicted molar refractivity (Wildman–Crippen MR) is 121 cm³/mol. The van der Waals surface area contributed by atoms with Crippen LogP contribution in [0.5, 0.6) is 0 Å². The van der Waals surface area contributed by atoms with Crippen LogP contribution < -0.4 is 15.5 Å². The fourth-order valence-corrected chi connectivity index (χ4v) is 5.66. The predicted octanol–water partition coefficient (Wildman–Crippen LogP) is 1.33. The summed E-state index contributed by atoms with van der Waals surface area (Å²) in [6.07, 6.45) is 4.33. The molecule has 3 aliphatic rings. The third kappa shape index (κ3) is 3.77. The summed E-state index contributed by atoms with van der Waals surface area (Å²) in [5, 5.41) is 0. The van der Waals surface area contributed by atoms with Gasteiger partial charge in [-0.15, -0.1) is 0 Å². The molecule has 1 unspecified atom stereocenters. The lowest BCUT2D eigenvalue weighted by atomic mass is 10.1. The number of hydrogen-bond donors (Lipinski definition) is 1. The number of ether oxygens (including phenoxy) is 1. The van der Waals surface area contributed by atoms with Gasteiger partial charge in [0.25, 0.3) is 0 Å². The Morgan fingerprint density at radius 2 is 1.87 bits per heavy atom. The van der Waals surface area contributed by atoms with Crippen LogP contribution in [0.3, 0.4) is 0 Å². The zero-order valence-electron chi connectivity index (χ0n) is 18.2. The van der Waals surface area contributed by atoms with Crippen LogP contribution in [0.15, 0.2) is 12.4 Å². The molecule has 3 aliphatic heterocycles. The molecule has 0 saturated carbocycles. The molecule has 166 valence electrons. The Kier molecular flexibility index (Phi) is 5.11. The highest BCUT2D eigenvalue weighted by molar-refractivity contribution is 7.59. The van der Waals surface area contributed by atoms with Crippen molar-refractivity contribution in [1.29, 1.82) is 0 Å². The Balaban J connectivity index is 1.54. The molecule has 2 saturated heterocycles. The van der Waals surface area contributed by atoms with Gasteiger partial charge in [-0.3, -0.25) is 0 Å². The lowest BCUT2D eigenvalue weighted by Gasteiger charge is -2.46. The SMILES string of the molecule is CC1COCCN1c1nc(-c2cnc(N)nc2)c2c(n1)N(C1CN(P(C)(C)=O)C1)CC2. The molecule has 2 fully saturated rings. The minimum Gasteiger partial charge on any atom is -0.377 e. The van der Waals surface area contributed by atoms with Crippen LogP contribution in [0.25, 0.3) is 11.3 Å². The van der Waals surface area contributed by atoms with Gasteiger partial charge in [-0.2, -0.15) is 4.98 Å². The van der Waals surface area contributed by atoms with Crippen molar-refractivity contribution in [3.63, 3.8) is 0 Å². The average Bonchev–Trinajstić information content (AvgIpc) is 3.10. The van der Waals surface area contributed by atoms with Crippen molar-refractivity contribution < 1.29 is 9.30 Å². The van der Waals surface area contributed by atoms with Crippen molar-refractivity contribution in [3.05, 3.63) is 18.0 Å². The number of fused-ring (bicyclic) bond motifs is 1. The maximum absolute atomic E-state index is 12.4. The zero-order valence-corrected chi connectivity index (χ0v) is 19.1. The molecule has 0 radical (unpaired) electrons. The van der Waals surface area contributed by atoms with E-state index in [9.17, 15) is 4.57 Å². The average molecular weight is 444 g/mol. The van der Waals surface area contributed by atoms with Crippen LogP contribution in [-0.2, 0) is 15.7 Å². The molecule has 0 aliphatic carbocycles. The second kappa shape index (κ2) is 7.69. The first-order valence-electron chi connectivity index (χ1n) is 10.7. The molecule has 11 heteroatoms. The number of nitrogens with two attached hydrogens (primary N) is 1. The van der Waals surface area contributed by atoms with Crippen LogP contribution in [0.1, 0.15) is 12.5 Å². The standard InChI is InChI=1S/C20H29N8O2P/c1-13-12-30-7-6-27(13)20-24-17(14-8-22-19(21)23-9-14)16-4-5-28(18(16)25-20)15-10-26(11-15)31(2,3)29/h8-9,13,15H,4-7,10-12H2,1-3H3,(H2,21,22,23). The second-order valence-electron chi connectivity index (χ2n) is 8.88. The summed E-state index contributed by atoms with van der Waals surface area (Å²) in [4.78, 5) is 22.9. The zero-order chi connectivity index (χ0) is 21.8. The van der Waals surface area contributed by atoms with E-state index in [1.807, 2.05) is 13.3 Å². The first-order valence-corrected chi connectivity index (χ1v) is 13.3. The normalized spacial score (nSPS) is 22.5. The van der Waals surface area contributed by atoms with Crippen LogP contribution >= 0.6 is 7.29 Å². The minimum atomic E-state index is -2.21. The van der Waals surface area contributed by atoms with Crippen molar-refractivity contribution in [2.75, 3.05) is 68.3 Å². The van der Waals surface area contributed by atoms with Crippen LogP contribution in [0.4, 0.5) is 17.7 Å². The molecule has 10 nitrogen and oxygen atoms in total. The minimum absolute atomic E-state index is 0.197. The van der Waals surface area contributed by atoms with E-state index >= 15 is 0 Å². The number of rotatable bonds is 4. The van der Waals surface area contributed by atoms with Gasteiger partial charge >= 0.3 is 0 Å². The summed E-state index contributed by atoms with van der Waals surface area (Å²) in [5.74, 6) is 1.93. The highest BCUT2D eigenvalue weighted by Gasteiger charge is 2.41. The third-order valence-electron chi connectivity index (χ3n) is 6.38. The Morgan fingerprint density at radius 1 is 1.13 bits per heavy atom. The maximum atomic E-state index is 12.4. The largest absolute Gasteiger partial charge is 0.377 e. The van der Waals surface area contributed by atoms with Crippen molar-refractivity contribution in [2.24, 2.45) is 0 Å². The lowest BCUT2D eigenvalue weighted by molar-refractivity contribution is 0.0981. The molecule has 2 aromatic heterocycles. The molecule has 31 heavy (non-hydrogen) atoms. The number of nitrogen functional groups attached to an aromatic ring is 1. The van der Waals surface area contributed by atoms with Crippen molar-refractivity contribution in [2.45, 2.75) is 25.4 Å². The van der Waals surface area contributed by atoms with E-state index in [2.05, 4.69) is 31.4 Å². The number of morpholine rings is 1. The molecule has 2 N–H and O–H groups in total. The van der Waals surface area contributed by atoms with E-state index in [4.69, 9.17) is 20.4 Å². The summed E-state index contributed by atoms with van der Waals surface area (Å²) in [6.45, 7) is 10.4. The Hall–Kier alpha value is -2.29. The van der Waals surface area contributed by atoms with E-state index in [-0.39, 0.29) is 12.0 Å². The topological polar surface area (TPSA) is 114 Å². The number of aromatic nitrogens is 4. The molecular formula is C20H29N8O2P. The van der Waals surface area contributed by atoms with Gasteiger partial charge in [0, 0.05) is 63.0 Å². The fourth-order valence-electron chi connectivity index (χ4n) is 4.50. The smallest absolute Gasteiger partial charge is 0.228 e. The van der Waals surface area contributed by atoms with Gasteiger partial charge in [0.05, 0.1) is 31.0 Å². The van der Waals surface area contributed by atoms with E-state index in [1.54, 1.807) is 12.4 Å². The number of hydrogen-bond acceptors (Lipinski definition) is 9. The van der Waals surface area contributed by atoms with Crippen LogP contribution in [0, 0.1) is 0 Å². The van der Waals surface area contributed by atoms with Crippen LogP contribution in [-0.4, -0.2) is 89.4 Å². The fraction of sp³-hybridized carbons (Fsp3) is 0.600. The third-order valence-corrected chi connectivity index (χ3v) is 8.07. The highest BCUT2D eigenvalue weighted by Crippen LogP contribution is 2.47. The molecular weight excluding hydrogens is 415 g/mol. The summed E-state index contributed by atoms with van der Waals surface area (Å²) in [6, 6.07) is 0.511. The van der Waals surface area contributed by atoms with E-state index in [0.29, 0.717) is 25.2 Å². The summed E-state index contributed by atoms with van der Waals surface area (Å²) >= 11 is 0. The van der Waals surface area contributed by atoms with Gasteiger partial charge < -0.3 is 24.8 Å².